The average Bonchev–Trinajstić information content (AvgIpc) is 2.61. The lowest BCUT2D eigenvalue weighted by molar-refractivity contribution is 0.0690. The zero-order valence-corrected chi connectivity index (χ0v) is 12.5. The second-order valence-electron chi connectivity index (χ2n) is 5.07. The van der Waals surface area contributed by atoms with Gasteiger partial charge in [0.15, 0.2) is 5.69 Å². The highest BCUT2D eigenvalue weighted by molar-refractivity contribution is 5.84. The molecular weight excluding hydrogens is 298 g/mol. The highest BCUT2D eigenvalue weighted by Gasteiger charge is 2.12. The van der Waals surface area contributed by atoms with E-state index in [0.717, 1.165) is 37.7 Å². The summed E-state index contributed by atoms with van der Waals surface area (Å²) in [5, 5.41) is 11.9. The summed E-state index contributed by atoms with van der Waals surface area (Å²) in [6, 6.07) is 3.99. The zero-order chi connectivity index (χ0) is 16.1. The monoisotopic (exact) mass is 315 g/mol. The standard InChI is InChI=1S/C15H17N5O3/c21-15(22)12-9-18-13(10-16-12)17-7-11-1-2-14(19-8-11)20-3-5-23-6-4-20/h1-2,8-10H,3-7H2,(H,17,18)(H,21,22). The fourth-order valence-corrected chi connectivity index (χ4v) is 2.22. The van der Waals surface area contributed by atoms with Gasteiger partial charge in [0.2, 0.25) is 0 Å². The molecule has 1 saturated heterocycles. The minimum atomic E-state index is -1.09. The van der Waals surface area contributed by atoms with E-state index in [9.17, 15) is 4.79 Å². The Morgan fingerprint density at radius 1 is 1.17 bits per heavy atom. The number of ether oxygens (including phenoxy) is 1. The maximum absolute atomic E-state index is 10.7. The molecule has 0 aromatic carbocycles. The lowest BCUT2D eigenvalue weighted by Gasteiger charge is -2.27. The van der Waals surface area contributed by atoms with Gasteiger partial charge in [0.05, 0.1) is 25.6 Å². The van der Waals surface area contributed by atoms with Crippen LogP contribution in [0.2, 0.25) is 0 Å². The largest absolute Gasteiger partial charge is 0.476 e. The second-order valence-corrected chi connectivity index (χ2v) is 5.07. The molecular formula is C15H17N5O3. The van der Waals surface area contributed by atoms with Crippen LogP contribution in [0.4, 0.5) is 11.6 Å². The number of aromatic carboxylic acids is 1. The molecule has 1 aliphatic heterocycles. The molecule has 2 aromatic heterocycles. The summed E-state index contributed by atoms with van der Waals surface area (Å²) in [5.74, 6) is 0.377. The summed E-state index contributed by atoms with van der Waals surface area (Å²) in [6.45, 7) is 3.72. The zero-order valence-electron chi connectivity index (χ0n) is 12.5. The highest BCUT2D eigenvalue weighted by atomic mass is 16.5. The van der Waals surface area contributed by atoms with E-state index < -0.39 is 5.97 Å². The third-order valence-corrected chi connectivity index (χ3v) is 3.49. The van der Waals surface area contributed by atoms with Crippen molar-refractivity contribution in [2.75, 3.05) is 36.5 Å². The van der Waals surface area contributed by atoms with Crippen LogP contribution in [0, 0.1) is 0 Å². The molecule has 0 spiro atoms. The number of carboxylic acid groups (broad SMARTS) is 1. The van der Waals surface area contributed by atoms with Gasteiger partial charge in [-0.05, 0) is 11.6 Å². The molecule has 8 nitrogen and oxygen atoms in total. The van der Waals surface area contributed by atoms with Crippen molar-refractivity contribution in [3.05, 3.63) is 42.0 Å². The molecule has 0 saturated carbocycles. The third-order valence-electron chi connectivity index (χ3n) is 3.49. The number of carbonyl (C=O) groups is 1. The Balaban J connectivity index is 1.56. The predicted octanol–water partition coefficient (Wildman–Crippen LogP) is 1.02. The van der Waals surface area contributed by atoms with Crippen molar-refractivity contribution in [2.45, 2.75) is 6.54 Å². The third kappa shape index (κ3) is 3.92. The van der Waals surface area contributed by atoms with Gasteiger partial charge in [0, 0.05) is 25.8 Å². The Morgan fingerprint density at radius 3 is 2.61 bits per heavy atom. The second kappa shape index (κ2) is 7.01. The molecule has 0 radical (unpaired) electrons. The van der Waals surface area contributed by atoms with Crippen LogP contribution in [-0.2, 0) is 11.3 Å². The topological polar surface area (TPSA) is 100 Å². The van der Waals surface area contributed by atoms with Gasteiger partial charge in [-0.25, -0.2) is 19.7 Å². The molecule has 120 valence electrons. The molecule has 3 rings (SSSR count). The Bertz CT molecular complexity index is 654. The number of carboxylic acids is 1. The maximum Gasteiger partial charge on any atom is 0.356 e. The molecule has 0 atom stereocenters. The van der Waals surface area contributed by atoms with Crippen LogP contribution in [0.5, 0.6) is 0 Å². The lowest BCUT2D eigenvalue weighted by Crippen LogP contribution is -2.36. The van der Waals surface area contributed by atoms with Crippen LogP contribution in [0.25, 0.3) is 0 Å². The molecule has 1 aliphatic rings. The van der Waals surface area contributed by atoms with E-state index in [2.05, 4.69) is 25.2 Å². The molecule has 1 fully saturated rings. The molecule has 0 bridgehead atoms. The molecule has 0 unspecified atom stereocenters. The van der Waals surface area contributed by atoms with Crippen LogP contribution >= 0.6 is 0 Å². The Kier molecular flexibility index (Phi) is 4.62. The smallest absolute Gasteiger partial charge is 0.356 e. The van der Waals surface area contributed by atoms with Gasteiger partial charge in [-0.1, -0.05) is 6.07 Å². The summed E-state index contributed by atoms with van der Waals surface area (Å²) >= 11 is 0. The summed E-state index contributed by atoms with van der Waals surface area (Å²) in [7, 11) is 0. The number of hydrogen-bond donors (Lipinski definition) is 2. The van der Waals surface area contributed by atoms with E-state index in [1.807, 2.05) is 18.3 Å². The van der Waals surface area contributed by atoms with Crippen molar-refractivity contribution >= 4 is 17.6 Å². The number of rotatable bonds is 5. The van der Waals surface area contributed by atoms with Gasteiger partial charge in [-0.3, -0.25) is 0 Å². The van der Waals surface area contributed by atoms with E-state index >= 15 is 0 Å². The van der Waals surface area contributed by atoms with Crippen molar-refractivity contribution in [1.82, 2.24) is 15.0 Å². The van der Waals surface area contributed by atoms with E-state index in [4.69, 9.17) is 9.84 Å². The number of hydrogen-bond acceptors (Lipinski definition) is 7. The lowest BCUT2D eigenvalue weighted by atomic mass is 10.2. The van der Waals surface area contributed by atoms with Crippen LogP contribution in [0.15, 0.2) is 30.7 Å². The van der Waals surface area contributed by atoms with Crippen molar-refractivity contribution in [3.8, 4) is 0 Å². The first kappa shape index (κ1) is 15.2. The fraction of sp³-hybridized carbons (Fsp3) is 0.333. The highest BCUT2D eigenvalue weighted by Crippen LogP contribution is 2.13. The molecule has 2 aromatic rings. The Labute approximate surface area is 133 Å². The molecule has 3 heterocycles. The summed E-state index contributed by atoms with van der Waals surface area (Å²) in [5.41, 5.74) is 0.929. The first-order valence-electron chi connectivity index (χ1n) is 7.29. The number of aromatic nitrogens is 3. The Hall–Kier alpha value is -2.74. The van der Waals surface area contributed by atoms with Gasteiger partial charge in [0.25, 0.3) is 0 Å². The van der Waals surface area contributed by atoms with Gasteiger partial charge in [0.1, 0.15) is 11.6 Å². The molecule has 8 heteroatoms. The fourth-order valence-electron chi connectivity index (χ4n) is 2.22. The summed E-state index contributed by atoms with van der Waals surface area (Å²) in [6.07, 6.45) is 4.44. The van der Waals surface area contributed by atoms with Crippen LogP contribution in [0.1, 0.15) is 16.1 Å². The van der Waals surface area contributed by atoms with Crippen LogP contribution in [0.3, 0.4) is 0 Å². The van der Waals surface area contributed by atoms with Crippen LogP contribution < -0.4 is 10.2 Å². The van der Waals surface area contributed by atoms with Crippen molar-refractivity contribution in [1.29, 1.82) is 0 Å². The van der Waals surface area contributed by atoms with Crippen molar-refractivity contribution < 1.29 is 14.6 Å². The first-order valence-corrected chi connectivity index (χ1v) is 7.29. The van der Waals surface area contributed by atoms with Gasteiger partial charge < -0.3 is 20.1 Å². The quantitative estimate of drug-likeness (QED) is 0.843. The van der Waals surface area contributed by atoms with E-state index in [1.165, 1.54) is 12.4 Å². The van der Waals surface area contributed by atoms with Crippen molar-refractivity contribution in [2.24, 2.45) is 0 Å². The number of anilines is 2. The molecule has 0 amide bonds. The van der Waals surface area contributed by atoms with Crippen LogP contribution in [-0.4, -0.2) is 52.3 Å². The maximum atomic E-state index is 10.7. The molecule has 2 N–H and O–H groups in total. The molecule has 0 aliphatic carbocycles. The van der Waals surface area contributed by atoms with Crippen molar-refractivity contribution in [3.63, 3.8) is 0 Å². The van der Waals surface area contributed by atoms with E-state index in [0.29, 0.717) is 12.4 Å². The average molecular weight is 315 g/mol. The van der Waals surface area contributed by atoms with E-state index in [-0.39, 0.29) is 5.69 Å². The summed E-state index contributed by atoms with van der Waals surface area (Å²) in [4.78, 5) is 25.2. The summed E-state index contributed by atoms with van der Waals surface area (Å²) < 4.78 is 5.33. The van der Waals surface area contributed by atoms with Gasteiger partial charge in [-0.2, -0.15) is 0 Å². The normalized spacial score (nSPS) is 14.5. The van der Waals surface area contributed by atoms with Gasteiger partial charge >= 0.3 is 5.97 Å². The molecule has 23 heavy (non-hydrogen) atoms. The number of nitrogens with one attached hydrogen (secondary N) is 1. The number of pyridine rings is 1. The predicted molar refractivity (Wildman–Crippen MR) is 83.6 cm³/mol. The number of morpholine rings is 1. The SMILES string of the molecule is O=C(O)c1cnc(NCc2ccc(N3CCOCC3)nc2)cn1. The first-order chi connectivity index (χ1) is 11.2. The minimum absolute atomic E-state index is 0.0768. The number of nitrogens with zero attached hydrogens (tertiary/aromatic N) is 4. The van der Waals surface area contributed by atoms with Gasteiger partial charge in [-0.15, -0.1) is 0 Å². The minimum Gasteiger partial charge on any atom is -0.476 e. The van der Waals surface area contributed by atoms with E-state index in [1.54, 1.807) is 0 Å². The Morgan fingerprint density at radius 2 is 2.00 bits per heavy atom.